The van der Waals surface area contributed by atoms with Crippen molar-refractivity contribution >= 4 is 21.4 Å². The molecule has 0 aromatic heterocycles. The second-order valence-corrected chi connectivity index (χ2v) is 7.63. The number of rotatable bonds is 7. The van der Waals surface area contributed by atoms with Gasteiger partial charge in [0, 0.05) is 32.4 Å². The van der Waals surface area contributed by atoms with E-state index >= 15 is 0 Å². The van der Waals surface area contributed by atoms with Crippen LogP contribution < -0.4 is 9.62 Å². The summed E-state index contributed by atoms with van der Waals surface area (Å²) in [5.74, 6) is 0. The number of anilines is 1. The topological polar surface area (TPSA) is 102 Å². The molecule has 1 N–H and O–H groups in total. The Morgan fingerprint density at radius 1 is 1.42 bits per heavy atom. The molecule has 0 saturated carbocycles. The van der Waals surface area contributed by atoms with Crippen molar-refractivity contribution in [3.63, 3.8) is 0 Å². The molecule has 0 bridgehead atoms. The van der Waals surface area contributed by atoms with Crippen LogP contribution in [0.3, 0.4) is 0 Å². The van der Waals surface area contributed by atoms with Gasteiger partial charge >= 0.3 is 0 Å². The van der Waals surface area contributed by atoms with E-state index in [1.54, 1.807) is 7.11 Å². The highest BCUT2D eigenvalue weighted by molar-refractivity contribution is 7.89. The van der Waals surface area contributed by atoms with Gasteiger partial charge in [-0.1, -0.05) is 0 Å². The van der Waals surface area contributed by atoms with Crippen LogP contribution in [0.5, 0.6) is 0 Å². The van der Waals surface area contributed by atoms with E-state index in [0.29, 0.717) is 18.8 Å². The van der Waals surface area contributed by atoms with Crippen molar-refractivity contribution in [2.24, 2.45) is 0 Å². The van der Waals surface area contributed by atoms with Gasteiger partial charge in [0.2, 0.25) is 10.0 Å². The fourth-order valence-electron chi connectivity index (χ4n) is 3.05. The molecule has 1 unspecified atom stereocenters. The van der Waals surface area contributed by atoms with Crippen molar-refractivity contribution in [1.82, 2.24) is 4.72 Å². The number of hydrogen-bond donors (Lipinski definition) is 1. The predicted molar refractivity (Wildman–Crippen MR) is 90.8 cm³/mol. The Balaban J connectivity index is 2.42. The molecule has 1 saturated heterocycles. The van der Waals surface area contributed by atoms with Crippen molar-refractivity contribution in [2.75, 3.05) is 32.2 Å². The number of nitro groups is 1. The molecular weight excluding hydrogens is 334 g/mol. The maximum absolute atomic E-state index is 11.9. The van der Waals surface area contributed by atoms with Crippen molar-refractivity contribution in [2.45, 2.75) is 36.6 Å². The van der Waals surface area contributed by atoms with Crippen molar-refractivity contribution in [1.29, 1.82) is 0 Å². The van der Waals surface area contributed by atoms with Crippen LogP contribution >= 0.6 is 0 Å². The molecule has 1 aliphatic heterocycles. The van der Waals surface area contributed by atoms with Crippen LogP contribution in [0.2, 0.25) is 0 Å². The van der Waals surface area contributed by atoms with E-state index in [9.17, 15) is 18.5 Å². The largest absolute Gasteiger partial charge is 0.385 e. The molecule has 1 atom stereocenters. The number of methoxy groups -OCH3 is 1. The zero-order valence-corrected chi connectivity index (χ0v) is 14.7. The summed E-state index contributed by atoms with van der Waals surface area (Å²) in [6.45, 7) is 1.30. The summed E-state index contributed by atoms with van der Waals surface area (Å²) in [7, 11) is -0.812. The lowest BCUT2D eigenvalue weighted by Crippen LogP contribution is -2.40. The molecule has 1 fully saturated rings. The highest BCUT2D eigenvalue weighted by Crippen LogP contribution is 2.35. The summed E-state index contributed by atoms with van der Waals surface area (Å²) in [6, 6.07) is 4.23. The Morgan fingerprint density at radius 2 is 2.17 bits per heavy atom. The number of ether oxygens (including phenoxy) is 1. The number of nitrogens with one attached hydrogen (secondary N) is 1. The second kappa shape index (κ2) is 7.91. The van der Waals surface area contributed by atoms with Crippen LogP contribution in [0, 0.1) is 10.1 Å². The van der Waals surface area contributed by atoms with Gasteiger partial charge in [0.15, 0.2) is 0 Å². The minimum absolute atomic E-state index is 0.106. The number of hydrogen-bond acceptors (Lipinski definition) is 6. The Bertz CT molecular complexity index is 692. The van der Waals surface area contributed by atoms with Gasteiger partial charge < -0.3 is 9.64 Å². The van der Waals surface area contributed by atoms with E-state index in [1.807, 2.05) is 4.90 Å². The van der Waals surface area contributed by atoms with Gasteiger partial charge in [-0.2, -0.15) is 0 Å². The summed E-state index contributed by atoms with van der Waals surface area (Å²) in [6.07, 6.45) is 3.75. The quantitative estimate of drug-likeness (QED) is 0.591. The van der Waals surface area contributed by atoms with Crippen LogP contribution in [-0.2, 0) is 14.8 Å². The molecule has 8 nitrogen and oxygen atoms in total. The lowest BCUT2D eigenvalue weighted by molar-refractivity contribution is -0.384. The first-order chi connectivity index (χ1) is 11.4. The molecular formula is C15H23N3O5S. The van der Waals surface area contributed by atoms with Crippen LogP contribution in [-0.4, -0.2) is 46.7 Å². The summed E-state index contributed by atoms with van der Waals surface area (Å²) in [4.78, 5) is 12.9. The second-order valence-electron chi connectivity index (χ2n) is 5.74. The fourth-order valence-corrected chi connectivity index (χ4v) is 3.80. The van der Waals surface area contributed by atoms with Gasteiger partial charge in [-0.05, 0) is 44.9 Å². The number of nitrogens with zero attached hydrogens (tertiary/aromatic N) is 2. The average molecular weight is 357 g/mol. The minimum Gasteiger partial charge on any atom is -0.385 e. The molecule has 1 heterocycles. The summed E-state index contributed by atoms with van der Waals surface area (Å²) in [5, 5.41) is 11.5. The number of nitro benzene ring substituents is 1. The fraction of sp³-hybridized carbons (Fsp3) is 0.600. The Labute approximate surface area is 142 Å². The Morgan fingerprint density at radius 3 is 2.79 bits per heavy atom. The van der Waals surface area contributed by atoms with Gasteiger partial charge in [-0.3, -0.25) is 10.1 Å². The lowest BCUT2D eigenvalue weighted by Gasteiger charge is -2.37. The van der Waals surface area contributed by atoms with Gasteiger partial charge in [0.25, 0.3) is 5.69 Å². The molecule has 134 valence electrons. The summed E-state index contributed by atoms with van der Waals surface area (Å²) >= 11 is 0. The maximum Gasteiger partial charge on any atom is 0.293 e. The lowest BCUT2D eigenvalue weighted by atomic mass is 9.98. The zero-order valence-electron chi connectivity index (χ0n) is 13.9. The number of piperidine rings is 1. The third kappa shape index (κ3) is 4.03. The molecule has 2 rings (SSSR count). The van der Waals surface area contributed by atoms with Gasteiger partial charge in [-0.15, -0.1) is 0 Å². The van der Waals surface area contributed by atoms with Crippen molar-refractivity contribution < 1.29 is 18.1 Å². The van der Waals surface area contributed by atoms with E-state index in [4.69, 9.17) is 4.74 Å². The first-order valence-corrected chi connectivity index (χ1v) is 9.36. The van der Waals surface area contributed by atoms with Crippen LogP contribution in [0.1, 0.15) is 25.7 Å². The van der Waals surface area contributed by atoms with Crippen molar-refractivity contribution in [3.8, 4) is 0 Å². The monoisotopic (exact) mass is 357 g/mol. The van der Waals surface area contributed by atoms with Crippen LogP contribution in [0.25, 0.3) is 0 Å². The van der Waals surface area contributed by atoms with E-state index in [1.165, 1.54) is 19.2 Å². The molecule has 24 heavy (non-hydrogen) atoms. The normalized spacial score (nSPS) is 18.6. The molecule has 0 spiro atoms. The average Bonchev–Trinajstić information content (AvgIpc) is 2.59. The highest BCUT2D eigenvalue weighted by atomic mass is 32.2. The van der Waals surface area contributed by atoms with Crippen molar-refractivity contribution in [3.05, 3.63) is 28.3 Å². The molecule has 0 radical (unpaired) electrons. The Kier molecular flexibility index (Phi) is 6.14. The van der Waals surface area contributed by atoms with E-state index in [-0.39, 0.29) is 16.6 Å². The third-order valence-electron chi connectivity index (χ3n) is 4.31. The standard InChI is InChI=1S/C15H23N3O5S/c1-16-24(21,22)13-6-7-14(15(11-13)18(19)20)17-9-4-3-5-12(17)8-10-23-2/h6-7,11-12,16H,3-5,8-10H2,1-2H3. The predicted octanol–water partition coefficient (Wildman–Crippen LogP) is 1.90. The molecule has 1 aromatic rings. The molecule has 0 amide bonds. The first kappa shape index (κ1) is 18.6. The van der Waals surface area contributed by atoms with E-state index in [2.05, 4.69) is 4.72 Å². The number of benzene rings is 1. The first-order valence-electron chi connectivity index (χ1n) is 7.88. The van der Waals surface area contributed by atoms with E-state index < -0.39 is 14.9 Å². The van der Waals surface area contributed by atoms with Gasteiger partial charge in [-0.25, -0.2) is 13.1 Å². The van der Waals surface area contributed by atoms with Crippen LogP contribution in [0.15, 0.2) is 23.1 Å². The molecule has 0 aliphatic carbocycles. The Hall–Kier alpha value is -1.71. The third-order valence-corrected chi connectivity index (χ3v) is 5.73. The maximum atomic E-state index is 11.9. The van der Waals surface area contributed by atoms with Crippen LogP contribution in [0.4, 0.5) is 11.4 Å². The molecule has 1 aromatic carbocycles. The zero-order chi connectivity index (χ0) is 17.7. The smallest absolute Gasteiger partial charge is 0.293 e. The minimum atomic E-state index is -3.72. The molecule has 1 aliphatic rings. The highest BCUT2D eigenvalue weighted by Gasteiger charge is 2.29. The van der Waals surface area contributed by atoms with Gasteiger partial charge in [0.1, 0.15) is 5.69 Å². The summed E-state index contributed by atoms with van der Waals surface area (Å²) < 4.78 is 31.1. The van der Waals surface area contributed by atoms with E-state index in [0.717, 1.165) is 31.7 Å². The molecule has 9 heteroatoms. The SMILES string of the molecule is CNS(=O)(=O)c1ccc(N2CCCCC2CCOC)c([N+](=O)[O-])c1. The number of sulfonamides is 1. The van der Waals surface area contributed by atoms with Gasteiger partial charge in [0.05, 0.1) is 9.82 Å². The summed E-state index contributed by atoms with van der Waals surface area (Å²) in [5.41, 5.74) is 0.284.